The number of benzene rings is 1. The van der Waals surface area contributed by atoms with Crippen molar-refractivity contribution in [3.63, 3.8) is 0 Å². The molecule has 29 heavy (non-hydrogen) atoms. The third-order valence-electron chi connectivity index (χ3n) is 5.54. The lowest BCUT2D eigenvalue weighted by Gasteiger charge is -2.38. The fourth-order valence-electron chi connectivity index (χ4n) is 3.76. The highest BCUT2D eigenvalue weighted by Crippen LogP contribution is 2.31. The summed E-state index contributed by atoms with van der Waals surface area (Å²) in [4.78, 5) is 20.2. The largest absolute Gasteiger partial charge is 0.450 e. The van der Waals surface area contributed by atoms with Gasteiger partial charge in [0.2, 0.25) is 0 Å². The summed E-state index contributed by atoms with van der Waals surface area (Å²) in [6.45, 7) is 10.2. The summed E-state index contributed by atoms with van der Waals surface area (Å²) in [7, 11) is 0. The number of hydrogen-bond donors (Lipinski definition) is 0. The van der Waals surface area contributed by atoms with Crippen LogP contribution < -0.4 is 4.90 Å². The summed E-state index contributed by atoms with van der Waals surface area (Å²) in [6.07, 6.45) is -4.55. The second kappa shape index (κ2) is 9.67. The summed E-state index contributed by atoms with van der Waals surface area (Å²) in [5.74, 6) is 0. The summed E-state index contributed by atoms with van der Waals surface area (Å²) < 4.78 is 43.8. The number of alkyl halides is 3. The van der Waals surface area contributed by atoms with Gasteiger partial charge in [0.05, 0.1) is 12.2 Å². The second-order valence-electron chi connectivity index (χ2n) is 7.40. The zero-order chi connectivity index (χ0) is 20.9. The Morgan fingerprint density at radius 3 is 2.10 bits per heavy atom. The summed E-state index contributed by atoms with van der Waals surface area (Å²) in [5, 5.41) is 0. The number of piperazine rings is 2. The minimum Gasteiger partial charge on any atom is -0.450 e. The van der Waals surface area contributed by atoms with Crippen molar-refractivity contribution in [2.75, 3.05) is 77.0 Å². The molecule has 0 bridgehead atoms. The van der Waals surface area contributed by atoms with E-state index in [0.29, 0.717) is 25.4 Å². The van der Waals surface area contributed by atoms with Crippen LogP contribution in [0, 0.1) is 0 Å². The van der Waals surface area contributed by atoms with E-state index in [-0.39, 0.29) is 6.09 Å². The summed E-state index contributed by atoms with van der Waals surface area (Å²) >= 11 is 0. The van der Waals surface area contributed by atoms with Gasteiger partial charge in [-0.1, -0.05) is 6.07 Å². The maximum Gasteiger partial charge on any atom is 0.416 e. The van der Waals surface area contributed by atoms with Crippen LogP contribution in [0.2, 0.25) is 0 Å². The lowest BCUT2D eigenvalue weighted by molar-refractivity contribution is -0.137. The smallest absolute Gasteiger partial charge is 0.416 e. The molecule has 0 atom stereocenters. The van der Waals surface area contributed by atoms with Gasteiger partial charge in [-0.25, -0.2) is 4.79 Å². The van der Waals surface area contributed by atoms with Gasteiger partial charge < -0.3 is 14.5 Å². The highest BCUT2D eigenvalue weighted by atomic mass is 19.4. The van der Waals surface area contributed by atoms with Gasteiger partial charge in [0.1, 0.15) is 0 Å². The van der Waals surface area contributed by atoms with Crippen molar-refractivity contribution in [1.29, 1.82) is 0 Å². The number of anilines is 1. The van der Waals surface area contributed by atoms with Crippen molar-refractivity contribution in [3.8, 4) is 0 Å². The van der Waals surface area contributed by atoms with Crippen molar-refractivity contribution in [2.45, 2.75) is 13.1 Å². The molecule has 2 heterocycles. The Morgan fingerprint density at radius 2 is 1.55 bits per heavy atom. The number of nitrogens with zero attached hydrogens (tertiary/aromatic N) is 4. The van der Waals surface area contributed by atoms with E-state index >= 15 is 0 Å². The summed E-state index contributed by atoms with van der Waals surface area (Å²) in [6, 6.07) is 5.56. The lowest BCUT2D eigenvalue weighted by atomic mass is 10.1. The SMILES string of the molecule is CCOC(=O)N1CCN(CCN2CCN(c3cccc(C(F)(F)F)c3)CC2)CC1. The number of carbonyl (C=O) groups excluding carboxylic acids is 1. The van der Waals surface area contributed by atoms with E-state index < -0.39 is 11.7 Å². The van der Waals surface area contributed by atoms with Crippen LogP contribution >= 0.6 is 0 Å². The molecule has 0 N–H and O–H groups in total. The molecule has 0 aromatic heterocycles. The molecule has 2 aliphatic rings. The average molecular weight is 414 g/mol. The monoisotopic (exact) mass is 414 g/mol. The van der Waals surface area contributed by atoms with Crippen LogP contribution in [0.5, 0.6) is 0 Å². The molecule has 6 nitrogen and oxygen atoms in total. The maximum absolute atomic E-state index is 12.9. The molecule has 0 radical (unpaired) electrons. The molecule has 2 aliphatic heterocycles. The molecule has 0 saturated carbocycles. The highest BCUT2D eigenvalue weighted by Gasteiger charge is 2.31. The minimum atomic E-state index is -4.31. The predicted molar refractivity (Wildman–Crippen MR) is 105 cm³/mol. The Labute approximate surface area is 169 Å². The van der Waals surface area contributed by atoms with Crippen LogP contribution in [0.25, 0.3) is 0 Å². The topological polar surface area (TPSA) is 39.3 Å². The van der Waals surface area contributed by atoms with Crippen LogP contribution in [0.1, 0.15) is 12.5 Å². The molecule has 2 fully saturated rings. The quantitative estimate of drug-likeness (QED) is 0.741. The Kier molecular flexibility index (Phi) is 7.23. The number of carbonyl (C=O) groups is 1. The van der Waals surface area contributed by atoms with E-state index in [1.165, 1.54) is 12.1 Å². The molecule has 3 rings (SSSR count). The number of hydrogen-bond acceptors (Lipinski definition) is 5. The predicted octanol–water partition coefficient (Wildman–Crippen LogP) is 2.60. The first-order valence-corrected chi connectivity index (χ1v) is 10.2. The van der Waals surface area contributed by atoms with Crippen molar-refractivity contribution >= 4 is 11.8 Å². The lowest BCUT2D eigenvalue weighted by Crippen LogP contribution is -2.52. The van der Waals surface area contributed by atoms with Gasteiger partial charge in [0.15, 0.2) is 0 Å². The molecule has 0 spiro atoms. The fraction of sp³-hybridized carbons (Fsp3) is 0.650. The van der Waals surface area contributed by atoms with Crippen molar-refractivity contribution in [2.24, 2.45) is 0 Å². The fourth-order valence-corrected chi connectivity index (χ4v) is 3.76. The molecule has 1 aromatic carbocycles. The first-order valence-electron chi connectivity index (χ1n) is 10.2. The molecule has 0 aliphatic carbocycles. The van der Waals surface area contributed by atoms with Crippen LogP contribution in [0.15, 0.2) is 24.3 Å². The molecule has 1 amide bonds. The highest BCUT2D eigenvalue weighted by molar-refractivity contribution is 5.67. The van der Waals surface area contributed by atoms with Crippen molar-refractivity contribution < 1.29 is 22.7 Å². The number of rotatable bonds is 5. The molecular weight excluding hydrogens is 385 g/mol. The third kappa shape index (κ3) is 5.99. The average Bonchev–Trinajstić information content (AvgIpc) is 2.73. The zero-order valence-electron chi connectivity index (χ0n) is 16.8. The maximum atomic E-state index is 12.9. The Balaban J connectivity index is 1.39. The molecular formula is C20H29F3N4O2. The van der Waals surface area contributed by atoms with Gasteiger partial charge in [-0.3, -0.25) is 9.80 Å². The number of halogens is 3. The van der Waals surface area contributed by atoms with E-state index in [2.05, 4.69) is 9.80 Å². The standard InChI is InChI=1S/C20H29F3N4O2/c1-2-29-19(28)27-14-10-25(11-15-27)7-6-24-8-12-26(13-9-24)18-5-3-4-17(16-18)20(21,22)23/h3-5,16H,2,6-15H2,1H3. The summed E-state index contributed by atoms with van der Waals surface area (Å²) in [5.41, 5.74) is 0.0361. The van der Waals surface area contributed by atoms with Gasteiger partial charge in [-0.05, 0) is 25.1 Å². The van der Waals surface area contributed by atoms with Crippen LogP contribution in [-0.4, -0.2) is 92.8 Å². The van der Waals surface area contributed by atoms with Crippen LogP contribution in [0.3, 0.4) is 0 Å². The minimum absolute atomic E-state index is 0.238. The Morgan fingerprint density at radius 1 is 0.966 bits per heavy atom. The first-order chi connectivity index (χ1) is 13.9. The third-order valence-corrected chi connectivity index (χ3v) is 5.54. The van der Waals surface area contributed by atoms with E-state index in [1.807, 2.05) is 4.90 Å². The van der Waals surface area contributed by atoms with Crippen molar-refractivity contribution in [1.82, 2.24) is 14.7 Å². The van der Waals surface area contributed by atoms with Crippen molar-refractivity contribution in [3.05, 3.63) is 29.8 Å². The normalized spacial score (nSPS) is 19.4. The van der Waals surface area contributed by atoms with E-state index in [4.69, 9.17) is 4.74 Å². The van der Waals surface area contributed by atoms with E-state index in [9.17, 15) is 18.0 Å². The van der Waals surface area contributed by atoms with Crippen LogP contribution in [-0.2, 0) is 10.9 Å². The van der Waals surface area contributed by atoms with Crippen LogP contribution in [0.4, 0.5) is 23.7 Å². The molecule has 9 heteroatoms. The van der Waals surface area contributed by atoms with E-state index in [1.54, 1.807) is 17.9 Å². The van der Waals surface area contributed by atoms with Gasteiger partial charge >= 0.3 is 12.3 Å². The first kappa shape index (κ1) is 21.7. The zero-order valence-corrected chi connectivity index (χ0v) is 16.8. The number of amides is 1. The Bertz CT molecular complexity index is 670. The van der Waals surface area contributed by atoms with Gasteiger partial charge in [0.25, 0.3) is 0 Å². The van der Waals surface area contributed by atoms with Gasteiger partial charge in [-0.15, -0.1) is 0 Å². The Hall–Kier alpha value is -2.00. The molecule has 162 valence electrons. The molecule has 1 aromatic rings. The van der Waals surface area contributed by atoms with E-state index in [0.717, 1.165) is 58.4 Å². The second-order valence-corrected chi connectivity index (χ2v) is 7.40. The number of ether oxygens (including phenoxy) is 1. The van der Waals surface area contributed by atoms with Gasteiger partial charge in [-0.2, -0.15) is 13.2 Å². The molecule has 2 saturated heterocycles. The van der Waals surface area contributed by atoms with Gasteiger partial charge in [0, 0.05) is 71.1 Å². The molecule has 0 unspecified atom stereocenters.